The number of rotatable bonds is 1. The zero-order valence-corrected chi connectivity index (χ0v) is 12.0. The molecule has 0 unspecified atom stereocenters. The Bertz CT molecular complexity index is 399. The van der Waals surface area contributed by atoms with Crippen molar-refractivity contribution in [3.05, 3.63) is 29.8 Å². The lowest BCUT2D eigenvalue weighted by molar-refractivity contribution is 0.0610. The van der Waals surface area contributed by atoms with Crippen LogP contribution in [-0.4, -0.2) is 6.04 Å². The van der Waals surface area contributed by atoms with Crippen LogP contribution in [0.4, 0.5) is 5.69 Å². The molecule has 4 N–H and O–H groups in total. The molecule has 18 heavy (non-hydrogen) atoms. The van der Waals surface area contributed by atoms with E-state index >= 15 is 0 Å². The summed E-state index contributed by atoms with van der Waals surface area (Å²) in [4.78, 5) is 0. The third-order valence-electron chi connectivity index (χ3n) is 4.64. The minimum Gasteiger partial charge on any atom is -0.399 e. The number of hydrogen-bond acceptors (Lipinski definition) is 2. The van der Waals surface area contributed by atoms with E-state index in [2.05, 4.69) is 39.8 Å². The highest BCUT2D eigenvalue weighted by atomic mass is 14.7. The van der Waals surface area contributed by atoms with Gasteiger partial charge in [-0.15, -0.1) is 0 Å². The largest absolute Gasteiger partial charge is 0.399 e. The highest BCUT2D eigenvalue weighted by Gasteiger charge is 2.45. The summed E-state index contributed by atoms with van der Waals surface area (Å²) >= 11 is 0. The molecule has 0 heterocycles. The maximum Gasteiger partial charge on any atom is 0.0314 e. The van der Waals surface area contributed by atoms with Crippen molar-refractivity contribution in [3.63, 3.8) is 0 Å². The summed E-state index contributed by atoms with van der Waals surface area (Å²) in [6.45, 7) is 9.18. The Hall–Kier alpha value is -1.02. The number of nitrogens with two attached hydrogens (primary N) is 2. The molecule has 2 nitrogen and oxygen atoms in total. The van der Waals surface area contributed by atoms with Crippen LogP contribution in [0, 0.1) is 10.8 Å². The standard InChI is InChI=1S/C16H26N2/c1-15(2)9-12(10-16(3,4)14(15)18)11-5-7-13(17)8-6-11/h5-8,12,14H,9-10,17-18H2,1-4H3. The van der Waals surface area contributed by atoms with Gasteiger partial charge in [-0.3, -0.25) is 0 Å². The molecule has 0 atom stereocenters. The Kier molecular flexibility index (Phi) is 3.18. The van der Waals surface area contributed by atoms with Gasteiger partial charge in [-0.05, 0) is 47.3 Å². The number of anilines is 1. The molecule has 1 aromatic rings. The van der Waals surface area contributed by atoms with Crippen molar-refractivity contribution < 1.29 is 0 Å². The summed E-state index contributed by atoms with van der Waals surface area (Å²) in [5, 5.41) is 0. The van der Waals surface area contributed by atoms with Crippen LogP contribution >= 0.6 is 0 Å². The molecule has 1 saturated carbocycles. The van der Waals surface area contributed by atoms with Gasteiger partial charge in [0, 0.05) is 11.7 Å². The normalized spacial score (nSPS) is 30.1. The van der Waals surface area contributed by atoms with Gasteiger partial charge in [0.2, 0.25) is 0 Å². The lowest BCUT2D eigenvalue weighted by atomic mass is 9.57. The van der Waals surface area contributed by atoms with Gasteiger partial charge in [0.25, 0.3) is 0 Å². The fourth-order valence-electron chi connectivity index (χ4n) is 3.66. The van der Waals surface area contributed by atoms with Crippen LogP contribution in [0.3, 0.4) is 0 Å². The minimum absolute atomic E-state index is 0.188. The molecule has 0 bridgehead atoms. The number of benzene rings is 1. The summed E-state index contributed by atoms with van der Waals surface area (Å²) < 4.78 is 0. The Labute approximate surface area is 111 Å². The van der Waals surface area contributed by atoms with Crippen molar-refractivity contribution in [2.24, 2.45) is 16.6 Å². The molecule has 0 amide bonds. The van der Waals surface area contributed by atoms with Crippen LogP contribution in [0.25, 0.3) is 0 Å². The summed E-state index contributed by atoms with van der Waals surface area (Å²) in [6.07, 6.45) is 2.31. The van der Waals surface area contributed by atoms with Gasteiger partial charge in [0.05, 0.1) is 0 Å². The van der Waals surface area contributed by atoms with Gasteiger partial charge in [-0.2, -0.15) is 0 Å². The molecule has 0 radical (unpaired) electrons. The van der Waals surface area contributed by atoms with Gasteiger partial charge in [0.1, 0.15) is 0 Å². The van der Waals surface area contributed by atoms with Crippen LogP contribution in [0.2, 0.25) is 0 Å². The van der Waals surface area contributed by atoms with Crippen molar-refractivity contribution in [1.82, 2.24) is 0 Å². The Morgan fingerprint density at radius 1 is 0.944 bits per heavy atom. The second-order valence-electron chi connectivity index (χ2n) is 7.23. The van der Waals surface area contributed by atoms with E-state index in [0.717, 1.165) is 18.5 Å². The first kappa shape index (κ1) is 13.4. The van der Waals surface area contributed by atoms with Gasteiger partial charge in [-0.1, -0.05) is 39.8 Å². The fraction of sp³-hybridized carbons (Fsp3) is 0.625. The van der Waals surface area contributed by atoms with Gasteiger partial charge < -0.3 is 11.5 Å². The van der Waals surface area contributed by atoms with Crippen molar-refractivity contribution in [2.45, 2.75) is 52.5 Å². The van der Waals surface area contributed by atoms with E-state index in [0.29, 0.717) is 5.92 Å². The quantitative estimate of drug-likeness (QED) is 0.745. The van der Waals surface area contributed by atoms with Gasteiger partial charge in [0.15, 0.2) is 0 Å². The molecular weight excluding hydrogens is 220 g/mol. The average molecular weight is 246 g/mol. The molecule has 0 aromatic heterocycles. The van der Waals surface area contributed by atoms with E-state index in [1.54, 1.807) is 0 Å². The highest BCUT2D eigenvalue weighted by molar-refractivity contribution is 5.40. The molecule has 0 aliphatic heterocycles. The van der Waals surface area contributed by atoms with E-state index in [1.165, 1.54) is 5.56 Å². The summed E-state index contributed by atoms with van der Waals surface area (Å²) in [5.74, 6) is 0.593. The summed E-state index contributed by atoms with van der Waals surface area (Å²) in [5.41, 5.74) is 14.8. The Morgan fingerprint density at radius 2 is 1.39 bits per heavy atom. The van der Waals surface area contributed by atoms with E-state index in [4.69, 9.17) is 11.5 Å². The van der Waals surface area contributed by atoms with E-state index in [-0.39, 0.29) is 16.9 Å². The monoisotopic (exact) mass is 246 g/mol. The molecule has 2 heteroatoms. The maximum absolute atomic E-state index is 6.43. The molecular formula is C16H26N2. The molecule has 1 aliphatic rings. The topological polar surface area (TPSA) is 52.0 Å². The fourth-order valence-corrected chi connectivity index (χ4v) is 3.66. The van der Waals surface area contributed by atoms with Gasteiger partial charge in [-0.25, -0.2) is 0 Å². The third-order valence-corrected chi connectivity index (χ3v) is 4.64. The SMILES string of the molecule is CC1(C)CC(c2ccc(N)cc2)CC(C)(C)C1N. The Morgan fingerprint density at radius 3 is 1.83 bits per heavy atom. The first-order chi connectivity index (χ1) is 8.22. The smallest absolute Gasteiger partial charge is 0.0314 e. The van der Waals surface area contributed by atoms with E-state index in [9.17, 15) is 0 Å². The summed E-state index contributed by atoms with van der Waals surface area (Å²) in [7, 11) is 0. The second-order valence-corrected chi connectivity index (χ2v) is 7.23. The first-order valence-corrected chi connectivity index (χ1v) is 6.83. The van der Waals surface area contributed by atoms with Crippen molar-refractivity contribution in [1.29, 1.82) is 0 Å². The second kappa shape index (κ2) is 4.27. The molecule has 0 spiro atoms. The molecule has 2 rings (SSSR count). The maximum atomic E-state index is 6.43. The van der Waals surface area contributed by atoms with Gasteiger partial charge >= 0.3 is 0 Å². The molecule has 0 saturated heterocycles. The lowest BCUT2D eigenvalue weighted by Crippen LogP contribution is -2.53. The van der Waals surface area contributed by atoms with Crippen LogP contribution in [-0.2, 0) is 0 Å². The van der Waals surface area contributed by atoms with Crippen LogP contribution in [0.1, 0.15) is 52.0 Å². The molecule has 1 fully saturated rings. The zero-order chi connectivity index (χ0) is 13.6. The van der Waals surface area contributed by atoms with Crippen molar-refractivity contribution >= 4 is 5.69 Å². The van der Waals surface area contributed by atoms with Crippen LogP contribution in [0.15, 0.2) is 24.3 Å². The highest BCUT2D eigenvalue weighted by Crippen LogP contribution is 2.50. The lowest BCUT2D eigenvalue weighted by Gasteiger charge is -2.50. The van der Waals surface area contributed by atoms with E-state index in [1.807, 2.05) is 12.1 Å². The van der Waals surface area contributed by atoms with Crippen molar-refractivity contribution in [3.8, 4) is 0 Å². The van der Waals surface area contributed by atoms with Crippen molar-refractivity contribution in [2.75, 3.05) is 5.73 Å². The van der Waals surface area contributed by atoms with Crippen LogP contribution < -0.4 is 11.5 Å². The Balaban J connectivity index is 2.28. The van der Waals surface area contributed by atoms with Crippen LogP contribution in [0.5, 0.6) is 0 Å². The molecule has 100 valence electrons. The minimum atomic E-state index is 0.188. The first-order valence-electron chi connectivity index (χ1n) is 6.83. The van der Waals surface area contributed by atoms with E-state index < -0.39 is 0 Å². The molecule has 1 aliphatic carbocycles. The number of nitrogen functional groups attached to an aromatic ring is 1. The molecule has 1 aromatic carbocycles. The third kappa shape index (κ3) is 2.39. The number of hydrogen-bond donors (Lipinski definition) is 2. The summed E-state index contributed by atoms with van der Waals surface area (Å²) in [6, 6.07) is 8.61. The average Bonchev–Trinajstić information content (AvgIpc) is 2.26. The predicted octanol–water partition coefficient (Wildman–Crippen LogP) is 3.53. The predicted molar refractivity (Wildman–Crippen MR) is 78.4 cm³/mol. The zero-order valence-electron chi connectivity index (χ0n) is 12.0.